The van der Waals surface area contributed by atoms with Crippen LogP contribution in [0.5, 0.6) is 11.5 Å². The highest BCUT2D eigenvalue weighted by Gasteiger charge is 2.15. The fourth-order valence-electron chi connectivity index (χ4n) is 3.52. The highest BCUT2D eigenvalue weighted by molar-refractivity contribution is 5.43. The van der Waals surface area contributed by atoms with Gasteiger partial charge in [-0.05, 0) is 63.4 Å². The van der Waals surface area contributed by atoms with Gasteiger partial charge in [0, 0.05) is 12.1 Å². The molecule has 4 heteroatoms. The molecule has 2 atom stereocenters. The van der Waals surface area contributed by atoms with E-state index in [1.165, 1.54) is 44.2 Å². The zero-order valence-electron chi connectivity index (χ0n) is 14.3. The van der Waals surface area contributed by atoms with Crippen LogP contribution in [0.1, 0.15) is 44.6 Å². The Labute approximate surface area is 139 Å². The van der Waals surface area contributed by atoms with Gasteiger partial charge in [0.05, 0.1) is 0 Å². The van der Waals surface area contributed by atoms with Crippen LogP contribution in [0.25, 0.3) is 0 Å². The van der Waals surface area contributed by atoms with Crippen LogP contribution in [0.4, 0.5) is 0 Å². The summed E-state index contributed by atoms with van der Waals surface area (Å²) in [6.07, 6.45) is 7.67. The van der Waals surface area contributed by atoms with Gasteiger partial charge in [0.25, 0.3) is 0 Å². The maximum atomic E-state index is 5.65. The first-order valence-electron chi connectivity index (χ1n) is 9.16. The smallest absolute Gasteiger partial charge is 0.161 e. The van der Waals surface area contributed by atoms with Crippen LogP contribution in [-0.2, 0) is 6.42 Å². The first-order valence-corrected chi connectivity index (χ1v) is 9.16. The van der Waals surface area contributed by atoms with Gasteiger partial charge >= 0.3 is 0 Å². The lowest BCUT2D eigenvalue weighted by Crippen LogP contribution is -2.37. The van der Waals surface area contributed by atoms with Crippen molar-refractivity contribution in [2.24, 2.45) is 0 Å². The summed E-state index contributed by atoms with van der Waals surface area (Å²) in [6.45, 7) is 5.80. The monoisotopic (exact) mass is 318 g/mol. The van der Waals surface area contributed by atoms with E-state index in [0.717, 1.165) is 24.5 Å². The van der Waals surface area contributed by atoms with Gasteiger partial charge in [0.15, 0.2) is 11.5 Å². The fourth-order valence-corrected chi connectivity index (χ4v) is 3.52. The molecule has 2 unspecified atom stereocenters. The maximum Gasteiger partial charge on any atom is 0.161 e. The first-order chi connectivity index (χ1) is 11.3. The number of rotatable bonds is 6. The summed E-state index contributed by atoms with van der Waals surface area (Å²) in [6, 6.07) is 7.54. The Morgan fingerprint density at radius 2 is 2.04 bits per heavy atom. The molecule has 0 bridgehead atoms. The first kappa shape index (κ1) is 16.6. The van der Waals surface area contributed by atoms with Crippen molar-refractivity contribution in [1.82, 2.24) is 10.6 Å². The number of benzene rings is 1. The summed E-state index contributed by atoms with van der Waals surface area (Å²) < 4.78 is 11.2. The third-order valence-electron chi connectivity index (χ3n) is 4.81. The van der Waals surface area contributed by atoms with E-state index in [9.17, 15) is 0 Å². The van der Waals surface area contributed by atoms with Crippen molar-refractivity contribution in [3.05, 3.63) is 23.8 Å². The van der Waals surface area contributed by atoms with Crippen molar-refractivity contribution in [3.63, 3.8) is 0 Å². The second-order valence-corrected chi connectivity index (χ2v) is 6.82. The molecule has 0 radical (unpaired) electrons. The van der Waals surface area contributed by atoms with Crippen LogP contribution < -0.4 is 20.1 Å². The van der Waals surface area contributed by atoms with Crippen molar-refractivity contribution >= 4 is 0 Å². The van der Waals surface area contributed by atoms with Gasteiger partial charge in [-0.25, -0.2) is 0 Å². The average molecular weight is 318 g/mol. The number of hydrogen-bond donors (Lipinski definition) is 2. The van der Waals surface area contributed by atoms with E-state index in [2.05, 4.69) is 29.7 Å². The topological polar surface area (TPSA) is 42.5 Å². The highest BCUT2D eigenvalue weighted by Crippen LogP contribution is 2.30. The molecule has 2 N–H and O–H groups in total. The molecular weight excluding hydrogens is 288 g/mol. The molecule has 2 aliphatic heterocycles. The third-order valence-corrected chi connectivity index (χ3v) is 4.81. The molecule has 4 nitrogen and oxygen atoms in total. The Bertz CT molecular complexity index is 484. The predicted molar refractivity (Wildman–Crippen MR) is 93.5 cm³/mol. The standard InChI is InChI=1S/C19H30N2O2/c1-15(13-17-5-3-2-4-9-21-17)20-10-8-16-6-7-18-19(14-16)23-12-11-22-18/h6-7,14-15,17,20-21H,2-5,8-13H2,1H3. The Morgan fingerprint density at radius 3 is 2.96 bits per heavy atom. The van der Waals surface area contributed by atoms with E-state index in [1.54, 1.807) is 0 Å². The molecule has 1 aromatic rings. The van der Waals surface area contributed by atoms with Crippen molar-refractivity contribution in [2.45, 2.75) is 57.5 Å². The molecule has 1 fully saturated rings. The molecule has 23 heavy (non-hydrogen) atoms. The van der Waals surface area contributed by atoms with Crippen LogP contribution in [0, 0.1) is 0 Å². The molecule has 0 aromatic heterocycles. The second-order valence-electron chi connectivity index (χ2n) is 6.82. The highest BCUT2D eigenvalue weighted by atomic mass is 16.6. The van der Waals surface area contributed by atoms with Gasteiger partial charge in [-0.2, -0.15) is 0 Å². The fraction of sp³-hybridized carbons (Fsp3) is 0.684. The number of hydrogen-bond acceptors (Lipinski definition) is 4. The normalized spacial score (nSPS) is 22.4. The Morgan fingerprint density at radius 1 is 1.17 bits per heavy atom. The van der Waals surface area contributed by atoms with Crippen molar-refractivity contribution < 1.29 is 9.47 Å². The zero-order chi connectivity index (χ0) is 15.9. The number of fused-ring (bicyclic) bond motifs is 1. The lowest BCUT2D eigenvalue weighted by Gasteiger charge is -2.22. The van der Waals surface area contributed by atoms with Crippen molar-refractivity contribution in [2.75, 3.05) is 26.3 Å². The Hall–Kier alpha value is -1.26. The average Bonchev–Trinajstić information content (AvgIpc) is 2.83. The zero-order valence-corrected chi connectivity index (χ0v) is 14.3. The molecule has 0 aliphatic carbocycles. The maximum absolute atomic E-state index is 5.65. The lowest BCUT2D eigenvalue weighted by molar-refractivity contribution is 0.171. The molecule has 3 rings (SSSR count). The summed E-state index contributed by atoms with van der Waals surface area (Å²) >= 11 is 0. The summed E-state index contributed by atoms with van der Waals surface area (Å²) in [5.74, 6) is 1.77. The summed E-state index contributed by atoms with van der Waals surface area (Å²) in [4.78, 5) is 0. The van der Waals surface area contributed by atoms with E-state index in [-0.39, 0.29) is 0 Å². The molecule has 2 heterocycles. The molecule has 128 valence electrons. The summed E-state index contributed by atoms with van der Waals surface area (Å²) in [7, 11) is 0. The van der Waals surface area contributed by atoms with E-state index >= 15 is 0 Å². The summed E-state index contributed by atoms with van der Waals surface area (Å²) in [5, 5.41) is 7.35. The van der Waals surface area contributed by atoms with Crippen LogP contribution in [-0.4, -0.2) is 38.4 Å². The summed E-state index contributed by atoms with van der Waals surface area (Å²) in [5.41, 5.74) is 1.31. The largest absolute Gasteiger partial charge is 0.486 e. The minimum Gasteiger partial charge on any atom is -0.486 e. The minimum absolute atomic E-state index is 0.558. The molecule has 0 spiro atoms. The quantitative estimate of drug-likeness (QED) is 0.846. The van der Waals surface area contributed by atoms with E-state index in [4.69, 9.17) is 9.47 Å². The van der Waals surface area contributed by atoms with E-state index in [0.29, 0.717) is 25.3 Å². The minimum atomic E-state index is 0.558. The van der Waals surface area contributed by atoms with Crippen LogP contribution in [0.15, 0.2) is 18.2 Å². The van der Waals surface area contributed by atoms with Crippen molar-refractivity contribution in [1.29, 1.82) is 0 Å². The SMILES string of the molecule is CC(CC1CCCCCN1)NCCc1ccc2c(c1)OCCO2. The van der Waals surface area contributed by atoms with Crippen LogP contribution in [0.3, 0.4) is 0 Å². The molecule has 1 saturated heterocycles. The van der Waals surface area contributed by atoms with Gasteiger partial charge in [-0.1, -0.05) is 18.9 Å². The van der Waals surface area contributed by atoms with Crippen LogP contribution >= 0.6 is 0 Å². The molecule has 1 aromatic carbocycles. The van der Waals surface area contributed by atoms with Crippen molar-refractivity contribution in [3.8, 4) is 11.5 Å². The second kappa shape index (κ2) is 8.55. The van der Waals surface area contributed by atoms with Gasteiger partial charge in [0.2, 0.25) is 0 Å². The molecule has 0 amide bonds. The van der Waals surface area contributed by atoms with Gasteiger partial charge in [-0.15, -0.1) is 0 Å². The number of ether oxygens (including phenoxy) is 2. The molecule has 0 saturated carbocycles. The van der Waals surface area contributed by atoms with Gasteiger partial charge < -0.3 is 20.1 Å². The van der Waals surface area contributed by atoms with Gasteiger partial charge in [0.1, 0.15) is 13.2 Å². The number of nitrogens with one attached hydrogen (secondary N) is 2. The van der Waals surface area contributed by atoms with Crippen LogP contribution in [0.2, 0.25) is 0 Å². The Balaban J connectivity index is 1.40. The lowest BCUT2D eigenvalue weighted by atomic mass is 10.0. The third kappa shape index (κ3) is 5.11. The van der Waals surface area contributed by atoms with E-state index in [1.807, 2.05) is 6.07 Å². The molecule has 2 aliphatic rings. The molecular formula is C19H30N2O2. The van der Waals surface area contributed by atoms with Gasteiger partial charge in [-0.3, -0.25) is 0 Å². The van der Waals surface area contributed by atoms with E-state index < -0.39 is 0 Å². The predicted octanol–water partition coefficient (Wildman–Crippen LogP) is 2.90. The Kier molecular flexibility index (Phi) is 6.17.